The van der Waals surface area contributed by atoms with Gasteiger partial charge in [0.2, 0.25) is 0 Å². The second kappa shape index (κ2) is 3.67. The largest absolute Gasteiger partial charge is 0.375 e. The number of pyridine rings is 1. The summed E-state index contributed by atoms with van der Waals surface area (Å²) in [7, 11) is 1.77. The van der Waals surface area contributed by atoms with Crippen molar-refractivity contribution >= 4 is 0 Å². The van der Waals surface area contributed by atoms with Gasteiger partial charge in [-0.3, -0.25) is 4.98 Å². The first-order valence-corrected chi connectivity index (χ1v) is 4.91. The van der Waals surface area contributed by atoms with Gasteiger partial charge in [-0.2, -0.15) is 0 Å². The van der Waals surface area contributed by atoms with Crippen LogP contribution in [-0.2, 0) is 11.2 Å². The molecule has 2 rings (SSSR count). The summed E-state index contributed by atoms with van der Waals surface area (Å²) in [5.41, 5.74) is 2.30. The Bertz CT molecular complexity index is 298. The molecule has 1 saturated heterocycles. The Labute approximate surface area is 84.5 Å². The number of methoxy groups -OCH3 is 1. The lowest BCUT2D eigenvalue weighted by Crippen LogP contribution is -2.62. The number of nitrogens with one attached hydrogen (secondary N) is 1. The van der Waals surface area contributed by atoms with E-state index in [4.69, 9.17) is 4.74 Å². The summed E-state index contributed by atoms with van der Waals surface area (Å²) in [5, 5.41) is 3.23. The molecule has 1 aliphatic rings. The highest BCUT2D eigenvalue weighted by atomic mass is 16.5. The van der Waals surface area contributed by atoms with Crippen LogP contribution in [0, 0.1) is 6.92 Å². The molecular weight excluding hydrogens is 176 g/mol. The molecule has 0 radical (unpaired) electrons. The summed E-state index contributed by atoms with van der Waals surface area (Å²) in [4.78, 5) is 4.39. The molecule has 1 N–H and O–H groups in total. The molecule has 0 saturated carbocycles. The maximum absolute atomic E-state index is 5.51. The number of ether oxygens (including phenoxy) is 1. The number of aryl methyl sites for hydroxylation is 1. The minimum absolute atomic E-state index is 0.0116. The van der Waals surface area contributed by atoms with E-state index in [9.17, 15) is 0 Å². The van der Waals surface area contributed by atoms with Crippen molar-refractivity contribution in [3.05, 3.63) is 29.6 Å². The first-order chi connectivity index (χ1) is 6.74. The van der Waals surface area contributed by atoms with Gasteiger partial charge in [-0.1, -0.05) is 6.07 Å². The van der Waals surface area contributed by atoms with Crippen LogP contribution in [0.3, 0.4) is 0 Å². The third kappa shape index (κ3) is 1.79. The van der Waals surface area contributed by atoms with Gasteiger partial charge in [0.05, 0.1) is 5.60 Å². The van der Waals surface area contributed by atoms with Crippen LogP contribution in [-0.4, -0.2) is 30.8 Å². The van der Waals surface area contributed by atoms with E-state index in [-0.39, 0.29) is 5.60 Å². The van der Waals surface area contributed by atoms with Gasteiger partial charge in [-0.25, -0.2) is 0 Å². The third-order valence-electron chi connectivity index (χ3n) is 2.80. The maximum Gasteiger partial charge on any atom is 0.0981 e. The van der Waals surface area contributed by atoms with Crippen LogP contribution in [0.1, 0.15) is 11.3 Å². The summed E-state index contributed by atoms with van der Waals surface area (Å²) < 4.78 is 5.51. The molecule has 0 amide bonds. The van der Waals surface area contributed by atoms with Crippen LogP contribution in [0.2, 0.25) is 0 Å². The first kappa shape index (κ1) is 9.62. The summed E-state index contributed by atoms with van der Waals surface area (Å²) in [6, 6.07) is 4.17. The van der Waals surface area contributed by atoms with E-state index in [0.717, 1.165) is 25.2 Å². The van der Waals surface area contributed by atoms with Gasteiger partial charge in [-0.15, -0.1) is 0 Å². The Hall–Kier alpha value is -0.930. The summed E-state index contributed by atoms with van der Waals surface area (Å²) in [6.45, 7) is 3.91. The molecule has 1 aromatic heterocycles. The first-order valence-electron chi connectivity index (χ1n) is 4.91. The number of hydrogen-bond acceptors (Lipinski definition) is 3. The quantitative estimate of drug-likeness (QED) is 0.773. The highest BCUT2D eigenvalue weighted by molar-refractivity contribution is 5.15. The molecule has 2 heterocycles. The standard InChI is InChI=1S/C11H16N2O/c1-9-3-4-10(13-6-9)5-11(14-2)7-12-8-11/h3-4,6,12H,5,7-8H2,1-2H3. The average molecular weight is 192 g/mol. The summed E-state index contributed by atoms with van der Waals surface area (Å²) in [6.07, 6.45) is 2.81. The van der Waals surface area contributed by atoms with E-state index >= 15 is 0 Å². The Balaban J connectivity index is 2.06. The third-order valence-corrected chi connectivity index (χ3v) is 2.80. The van der Waals surface area contributed by atoms with E-state index in [2.05, 4.69) is 22.4 Å². The second-order valence-electron chi connectivity index (χ2n) is 3.99. The predicted molar refractivity (Wildman–Crippen MR) is 55.3 cm³/mol. The van der Waals surface area contributed by atoms with E-state index in [1.54, 1.807) is 7.11 Å². The van der Waals surface area contributed by atoms with Gasteiger partial charge in [0.1, 0.15) is 0 Å². The average Bonchev–Trinajstić information content (AvgIpc) is 2.15. The van der Waals surface area contributed by atoms with Gasteiger partial charge in [0, 0.05) is 38.5 Å². The molecule has 1 fully saturated rings. The van der Waals surface area contributed by atoms with E-state index in [1.165, 1.54) is 5.56 Å². The van der Waals surface area contributed by atoms with Gasteiger partial charge < -0.3 is 10.1 Å². The van der Waals surface area contributed by atoms with Crippen molar-refractivity contribution in [2.45, 2.75) is 18.9 Å². The van der Waals surface area contributed by atoms with Crippen LogP contribution in [0.5, 0.6) is 0 Å². The lowest BCUT2D eigenvalue weighted by molar-refractivity contribution is -0.0508. The van der Waals surface area contributed by atoms with Crippen molar-refractivity contribution in [3.8, 4) is 0 Å². The fourth-order valence-corrected chi connectivity index (χ4v) is 1.68. The molecule has 0 aromatic carbocycles. The zero-order valence-corrected chi connectivity index (χ0v) is 8.71. The van der Waals surface area contributed by atoms with Gasteiger partial charge in [-0.05, 0) is 18.6 Å². The normalized spacial score (nSPS) is 19.0. The van der Waals surface area contributed by atoms with Crippen molar-refractivity contribution in [1.82, 2.24) is 10.3 Å². The topological polar surface area (TPSA) is 34.1 Å². The highest BCUT2D eigenvalue weighted by Gasteiger charge is 2.37. The predicted octanol–water partition coefficient (Wildman–Crippen LogP) is 0.921. The molecule has 0 atom stereocenters. The number of hydrogen-bond donors (Lipinski definition) is 1. The van der Waals surface area contributed by atoms with Crippen molar-refractivity contribution in [2.75, 3.05) is 20.2 Å². The molecule has 14 heavy (non-hydrogen) atoms. The highest BCUT2D eigenvalue weighted by Crippen LogP contribution is 2.20. The van der Waals surface area contributed by atoms with Crippen LogP contribution in [0.25, 0.3) is 0 Å². The molecule has 76 valence electrons. The maximum atomic E-state index is 5.51. The smallest absolute Gasteiger partial charge is 0.0981 e. The fraction of sp³-hybridized carbons (Fsp3) is 0.545. The fourth-order valence-electron chi connectivity index (χ4n) is 1.68. The molecule has 0 bridgehead atoms. The molecular formula is C11H16N2O. The Kier molecular flexibility index (Phi) is 2.52. The van der Waals surface area contributed by atoms with Crippen molar-refractivity contribution in [2.24, 2.45) is 0 Å². The van der Waals surface area contributed by atoms with E-state index in [0.29, 0.717) is 0 Å². The second-order valence-corrected chi connectivity index (χ2v) is 3.99. The molecule has 1 aromatic rings. The molecule has 0 unspecified atom stereocenters. The van der Waals surface area contributed by atoms with Gasteiger partial charge >= 0.3 is 0 Å². The lowest BCUT2D eigenvalue weighted by Gasteiger charge is -2.41. The van der Waals surface area contributed by atoms with Crippen LogP contribution < -0.4 is 5.32 Å². The SMILES string of the molecule is COC1(Cc2ccc(C)cn2)CNC1. The summed E-state index contributed by atoms with van der Waals surface area (Å²) >= 11 is 0. The van der Waals surface area contributed by atoms with Crippen LogP contribution in [0.15, 0.2) is 18.3 Å². The molecule has 3 heteroatoms. The molecule has 1 aliphatic heterocycles. The van der Waals surface area contributed by atoms with Crippen LogP contribution >= 0.6 is 0 Å². The number of nitrogens with zero attached hydrogens (tertiary/aromatic N) is 1. The van der Waals surface area contributed by atoms with Crippen molar-refractivity contribution < 1.29 is 4.74 Å². The minimum atomic E-state index is -0.0116. The molecule has 3 nitrogen and oxygen atoms in total. The Morgan fingerprint density at radius 1 is 1.50 bits per heavy atom. The zero-order valence-electron chi connectivity index (χ0n) is 8.71. The molecule has 0 spiro atoms. The van der Waals surface area contributed by atoms with Gasteiger partial charge in [0.15, 0.2) is 0 Å². The number of aromatic nitrogens is 1. The monoisotopic (exact) mass is 192 g/mol. The van der Waals surface area contributed by atoms with Crippen LogP contribution in [0.4, 0.5) is 0 Å². The number of rotatable bonds is 3. The van der Waals surface area contributed by atoms with Gasteiger partial charge in [0.25, 0.3) is 0 Å². The molecule has 0 aliphatic carbocycles. The van der Waals surface area contributed by atoms with Crippen molar-refractivity contribution in [1.29, 1.82) is 0 Å². The zero-order chi connectivity index (χ0) is 10.0. The summed E-state index contributed by atoms with van der Waals surface area (Å²) in [5.74, 6) is 0. The Morgan fingerprint density at radius 2 is 2.29 bits per heavy atom. The minimum Gasteiger partial charge on any atom is -0.375 e. The van der Waals surface area contributed by atoms with E-state index in [1.807, 2.05) is 13.1 Å². The van der Waals surface area contributed by atoms with E-state index < -0.39 is 0 Å². The lowest BCUT2D eigenvalue weighted by atomic mass is 9.91. The van der Waals surface area contributed by atoms with Crippen molar-refractivity contribution in [3.63, 3.8) is 0 Å². The Morgan fingerprint density at radius 3 is 2.71 bits per heavy atom.